The van der Waals surface area contributed by atoms with Crippen molar-refractivity contribution >= 4 is 27.9 Å². The van der Waals surface area contributed by atoms with Crippen molar-refractivity contribution in [2.75, 3.05) is 19.8 Å². The second-order valence-corrected chi connectivity index (χ2v) is 6.20. The van der Waals surface area contributed by atoms with Crippen molar-refractivity contribution in [3.63, 3.8) is 0 Å². The number of halogens is 1. The Labute approximate surface area is 110 Å². The third-order valence-corrected chi connectivity index (χ3v) is 2.22. The number of aliphatic hydroxyl groups excluding tert-OH is 1. The molecule has 0 aromatic heterocycles. The van der Waals surface area contributed by atoms with Crippen molar-refractivity contribution in [1.29, 1.82) is 0 Å². The minimum atomic E-state index is -0.756. The summed E-state index contributed by atoms with van der Waals surface area (Å²) in [5, 5.41) is 8.52. The largest absolute Gasteiger partial charge is 0.465 e. The Hall–Kier alpha value is -0.620. The van der Waals surface area contributed by atoms with Crippen LogP contribution >= 0.6 is 15.9 Å². The van der Waals surface area contributed by atoms with E-state index < -0.39 is 22.2 Å². The molecule has 6 heteroatoms. The Morgan fingerprint density at radius 2 is 1.94 bits per heavy atom. The van der Waals surface area contributed by atoms with Crippen LogP contribution in [-0.2, 0) is 19.1 Å². The topological polar surface area (TPSA) is 72.8 Å². The van der Waals surface area contributed by atoms with Gasteiger partial charge in [-0.05, 0) is 20.8 Å². The van der Waals surface area contributed by atoms with Gasteiger partial charge in [0.25, 0.3) is 0 Å². The van der Waals surface area contributed by atoms with Crippen molar-refractivity contribution < 1.29 is 24.2 Å². The van der Waals surface area contributed by atoms with Gasteiger partial charge >= 0.3 is 11.9 Å². The van der Waals surface area contributed by atoms with Crippen molar-refractivity contribution in [1.82, 2.24) is 0 Å². The fraction of sp³-hybridized carbons (Fsp3) is 0.818. The van der Waals surface area contributed by atoms with Gasteiger partial charge in [-0.2, -0.15) is 0 Å². The highest BCUT2D eigenvalue weighted by Gasteiger charge is 2.27. The van der Waals surface area contributed by atoms with Crippen molar-refractivity contribution in [3.05, 3.63) is 0 Å². The maximum absolute atomic E-state index is 11.4. The van der Waals surface area contributed by atoms with Crippen LogP contribution in [0.3, 0.4) is 0 Å². The second-order valence-electron chi connectivity index (χ2n) is 4.22. The Kier molecular flexibility index (Phi) is 7.38. The molecule has 1 unspecified atom stereocenters. The van der Waals surface area contributed by atoms with Crippen LogP contribution in [0.2, 0.25) is 0 Å². The summed E-state index contributed by atoms with van der Waals surface area (Å²) in [6, 6.07) is 0. The summed E-state index contributed by atoms with van der Waals surface area (Å²) in [7, 11) is 0. The molecule has 5 nitrogen and oxygen atoms in total. The van der Waals surface area contributed by atoms with Gasteiger partial charge in [0, 0.05) is 13.0 Å². The lowest BCUT2D eigenvalue weighted by atomic mass is 10.2. The van der Waals surface area contributed by atoms with Crippen LogP contribution in [0.15, 0.2) is 0 Å². The molecule has 0 aromatic rings. The predicted octanol–water partition coefficient (Wildman–Crippen LogP) is 1.26. The maximum atomic E-state index is 11.4. The molecule has 0 aliphatic heterocycles. The van der Waals surface area contributed by atoms with E-state index in [-0.39, 0.29) is 19.8 Å². The van der Waals surface area contributed by atoms with Gasteiger partial charge in [-0.25, -0.2) is 0 Å². The first kappa shape index (κ1) is 16.4. The molecule has 0 rings (SSSR count). The molecule has 0 spiro atoms. The van der Waals surface area contributed by atoms with E-state index in [0.717, 1.165) is 0 Å². The van der Waals surface area contributed by atoms with Gasteiger partial charge in [0.1, 0.15) is 10.9 Å². The van der Waals surface area contributed by atoms with E-state index in [9.17, 15) is 9.59 Å². The summed E-state index contributed by atoms with van der Waals surface area (Å²) in [5.74, 6) is -1.36. The third kappa shape index (κ3) is 7.33. The maximum Gasteiger partial charge on any atom is 0.322 e. The van der Waals surface area contributed by atoms with Crippen LogP contribution in [0, 0.1) is 5.92 Å². The van der Waals surface area contributed by atoms with Crippen molar-refractivity contribution in [2.45, 2.75) is 31.5 Å². The molecule has 100 valence electrons. The van der Waals surface area contributed by atoms with E-state index in [4.69, 9.17) is 14.6 Å². The molecule has 0 aliphatic rings. The molecule has 0 amide bonds. The zero-order valence-electron chi connectivity index (χ0n) is 10.4. The summed E-state index contributed by atoms with van der Waals surface area (Å²) in [6.07, 6.45) is 0.409. The number of carbonyl (C=O) groups excluding carboxylic acids is 2. The van der Waals surface area contributed by atoms with Crippen molar-refractivity contribution in [2.24, 2.45) is 5.92 Å². The number of carbonyl (C=O) groups is 2. The standard InChI is InChI=1S/C11H19BrO5/c1-8(9(14)16-6-4-5-13)7-17-10(15)11(2,3)12/h8,13H,4-7H2,1-3H3. The van der Waals surface area contributed by atoms with Crippen LogP contribution in [0.25, 0.3) is 0 Å². The van der Waals surface area contributed by atoms with Gasteiger partial charge in [-0.1, -0.05) is 15.9 Å². The highest BCUT2D eigenvalue weighted by molar-refractivity contribution is 9.10. The molecule has 0 radical (unpaired) electrons. The molecule has 0 saturated carbocycles. The van der Waals surface area contributed by atoms with E-state index in [1.54, 1.807) is 20.8 Å². The predicted molar refractivity (Wildman–Crippen MR) is 65.8 cm³/mol. The third-order valence-electron chi connectivity index (χ3n) is 1.90. The average molecular weight is 311 g/mol. The molecule has 0 heterocycles. The Morgan fingerprint density at radius 1 is 1.35 bits per heavy atom. The lowest BCUT2D eigenvalue weighted by molar-refractivity contribution is -0.155. The Bertz CT molecular complexity index is 259. The van der Waals surface area contributed by atoms with Gasteiger partial charge in [-0.15, -0.1) is 0 Å². The smallest absolute Gasteiger partial charge is 0.322 e. The molecule has 0 aliphatic carbocycles. The fourth-order valence-electron chi connectivity index (χ4n) is 0.820. The Morgan fingerprint density at radius 3 is 2.41 bits per heavy atom. The van der Waals surface area contributed by atoms with E-state index in [2.05, 4.69) is 15.9 Å². The summed E-state index contributed by atoms with van der Waals surface area (Å²) in [6.45, 7) is 5.10. The number of ether oxygens (including phenoxy) is 2. The normalized spacial score (nSPS) is 13.0. The molecule has 1 N–H and O–H groups in total. The summed E-state index contributed by atoms with van der Waals surface area (Å²) < 4.78 is 9.06. The molecule has 1 atom stereocenters. The molecule has 0 fully saturated rings. The van der Waals surface area contributed by atoms with Gasteiger partial charge in [0.05, 0.1) is 12.5 Å². The quantitative estimate of drug-likeness (QED) is 0.435. The number of alkyl halides is 1. The van der Waals surface area contributed by atoms with Gasteiger partial charge in [-0.3, -0.25) is 9.59 Å². The second kappa shape index (κ2) is 7.66. The van der Waals surface area contributed by atoms with E-state index in [1.165, 1.54) is 0 Å². The fourth-order valence-corrected chi connectivity index (χ4v) is 0.934. The number of hydrogen-bond acceptors (Lipinski definition) is 5. The molecule has 0 bridgehead atoms. The van der Waals surface area contributed by atoms with Crippen LogP contribution in [0.5, 0.6) is 0 Å². The molecule has 0 aromatic carbocycles. The highest BCUT2D eigenvalue weighted by atomic mass is 79.9. The first-order chi connectivity index (χ1) is 7.79. The van der Waals surface area contributed by atoms with E-state index >= 15 is 0 Å². The summed E-state index contributed by atoms with van der Waals surface area (Å²) in [4.78, 5) is 22.8. The molecular weight excluding hydrogens is 292 g/mol. The SMILES string of the molecule is CC(COC(=O)C(C)(C)Br)C(=O)OCCCO. The van der Waals surface area contributed by atoms with E-state index in [0.29, 0.717) is 6.42 Å². The molecule has 0 saturated heterocycles. The minimum absolute atomic E-state index is 0.00811. The first-order valence-corrected chi connectivity index (χ1v) is 6.22. The molecular formula is C11H19BrO5. The van der Waals surface area contributed by atoms with Crippen LogP contribution < -0.4 is 0 Å². The van der Waals surface area contributed by atoms with Gasteiger partial charge in [0.2, 0.25) is 0 Å². The van der Waals surface area contributed by atoms with Gasteiger partial charge < -0.3 is 14.6 Å². The lowest BCUT2D eigenvalue weighted by Gasteiger charge is -2.17. The van der Waals surface area contributed by atoms with E-state index in [1.807, 2.05) is 0 Å². The number of esters is 2. The molecule has 17 heavy (non-hydrogen) atoms. The van der Waals surface area contributed by atoms with Crippen LogP contribution in [-0.4, -0.2) is 41.2 Å². The summed E-state index contributed by atoms with van der Waals surface area (Å²) in [5.41, 5.74) is 0. The number of hydrogen-bond donors (Lipinski definition) is 1. The highest BCUT2D eigenvalue weighted by Crippen LogP contribution is 2.18. The number of aliphatic hydroxyl groups is 1. The first-order valence-electron chi connectivity index (χ1n) is 5.42. The summed E-state index contributed by atoms with van der Waals surface area (Å²) >= 11 is 3.16. The minimum Gasteiger partial charge on any atom is -0.465 e. The monoisotopic (exact) mass is 310 g/mol. The van der Waals surface area contributed by atoms with Gasteiger partial charge in [0.15, 0.2) is 0 Å². The van der Waals surface area contributed by atoms with Crippen LogP contribution in [0.1, 0.15) is 27.2 Å². The lowest BCUT2D eigenvalue weighted by Crippen LogP contribution is -2.30. The Balaban J connectivity index is 3.89. The zero-order chi connectivity index (χ0) is 13.5. The number of rotatable bonds is 7. The van der Waals surface area contributed by atoms with Crippen molar-refractivity contribution in [3.8, 4) is 0 Å². The zero-order valence-corrected chi connectivity index (χ0v) is 11.9. The average Bonchev–Trinajstić information content (AvgIpc) is 2.24. The van der Waals surface area contributed by atoms with Crippen LogP contribution in [0.4, 0.5) is 0 Å².